The molecule has 2 N–H and O–H groups in total. The Bertz CT molecular complexity index is 481. The topological polar surface area (TPSA) is 84.2 Å². The zero-order chi connectivity index (χ0) is 14.6. The van der Waals surface area contributed by atoms with E-state index in [2.05, 4.69) is 10.4 Å². The van der Waals surface area contributed by atoms with Crippen LogP contribution >= 0.6 is 0 Å². The molecule has 1 heterocycles. The summed E-state index contributed by atoms with van der Waals surface area (Å²) >= 11 is 0. The van der Waals surface area contributed by atoms with Gasteiger partial charge in [-0.05, 0) is 33.3 Å². The van der Waals surface area contributed by atoms with Gasteiger partial charge in [0.15, 0.2) is 0 Å². The Balaban J connectivity index is 2.57. The van der Waals surface area contributed by atoms with Gasteiger partial charge in [0.1, 0.15) is 6.54 Å². The Morgan fingerprint density at radius 2 is 2.11 bits per heavy atom. The lowest BCUT2D eigenvalue weighted by molar-refractivity contribution is -0.148. The van der Waals surface area contributed by atoms with Crippen LogP contribution in [0.3, 0.4) is 0 Å². The molecule has 1 rings (SSSR count). The van der Waals surface area contributed by atoms with E-state index >= 15 is 0 Å². The molecule has 1 aromatic rings. The fraction of sp³-hybridized carbons (Fsp3) is 0.615. The summed E-state index contributed by atoms with van der Waals surface area (Å²) in [6.45, 7) is 7.39. The van der Waals surface area contributed by atoms with Crippen LogP contribution in [0.5, 0.6) is 0 Å². The molecule has 0 spiro atoms. The Labute approximate surface area is 112 Å². The molecule has 0 saturated heterocycles. The molecule has 6 heteroatoms. The number of rotatable bonds is 6. The summed E-state index contributed by atoms with van der Waals surface area (Å²) in [5.74, 6) is -1.13. The average molecular weight is 267 g/mol. The van der Waals surface area contributed by atoms with Crippen LogP contribution in [-0.2, 0) is 16.1 Å². The van der Waals surface area contributed by atoms with Gasteiger partial charge in [-0.2, -0.15) is 5.10 Å². The van der Waals surface area contributed by atoms with Gasteiger partial charge >= 0.3 is 5.97 Å². The van der Waals surface area contributed by atoms with Crippen LogP contribution in [0, 0.1) is 19.3 Å². The lowest BCUT2D eigenvalue weighted by Crippen LogP contribution is -2.41. The Morgan fingerprint density at radius 1 is 1.47 bits per heavy atom. The van der Waals surface area contributed by atoms with E-state index in [1.807, 2.05) is 19.9 Å². The van der Waals surface area contributed by atoms with Crippen molar-refractivity contribution in [1.29, 1.82) is 0 Å². The minimum Gasteiger partial charge on any atom is -0.481 e. The number of carbonyl (C=O) groups excluding carboxylic acids is 1. The molecule has 1 unspecified atom stereocenters. The van der Waals surface area contributed by atoms with E-state index in [0.29, 0.717) is 6.42 Å². The van der Waals surface area contributed by atoms with Crippen molar-refractivity contribution in [1.82, 2.24) is 15.1 Å². The number of carboxylic acids is 1. The number of aromatic nitrogens is 2. The standard InChI is InChI=1S/C13H21N3O3/c1-5-13(4,12(18)19)8-14-11(17)7-16-10(3)6-9(2)15-16/h6H,5,7-8H2,1-4H3,(H,14,17)(H,18,19). The van der Waals surface area contributed by atoms with Gasteiger partial charge in [0.2, 0.25) is 5.91 Å². The van der Waals surface area contributed by atoms with E-state index in [1.165, 1.54) is 0 Å². The Hall–Kier alpha value is -1.85. The smallest absolute Gasteiger partial charge is 0.311 e. The molecular formula is C13H21N3O3. The first kappa shape index (κ1) is 15.2. The number of nitrogens with one attached hydrogen (secondary N) is 1. The molecule has 0 aromatic carbocycles. The summed E-state index contributed by atoms with van der Waals surface area (Å²) in [5, 5.41) is 16.0. The largest absolute Gasteiger partial charge is 0.481 e. The third-order valence-corrected chi connectivity index (χ3v) is 3.37. The number of aliphatic carboxylic acids is 1. The number of amides is 1. The van der Waals surface area contributed by atoms with E-state index in [1.54, 1.807) is 18.5 Å². The van der Waals surface area contributed by atoms with Gasteiger partial charge in [0, 0.05) is 12.2 Å². The molecule has 0 fully saturated rings. The van der Waals surface area contributed by atoms with Crippen molar-refractivity contribution in [2.24, 2.45) is 5.41 Å². The minimum absolute atomic E-state index is 0.110. The van der Waals surface area contributed by atoms with Gasteiger partial charge in [0.25, 0.3) is 0 Å². The summed E-state index contributed by atoms with van der Waals surface area (Å²) < 4.78 is 1.61. The SMILES string of the molecule is CCC(C)(CNC(=O)Cn1nc(C)cc1C)C(=O)O. The van der Waals surface area contributed by atoms with E-state index < -0.39 is 11.4 Å². The molecule has 0 aliphatic carbocycles. The van der Waals surface area contributed by atoms with Crippen LogP contribution < -0.4 is 5.32 Å². The molecule has 6 nitrogen and oxygen atoms in total. The fourth-order valence-corrected chi connectivity index (χ4v) is 1.67. The zero-order valence-corrected chi connectivity index (χ0v) is 11.9. The quantitative estimate of drug-likeness (QED) is 0.809. The average Bonchev–Trinajstić information content (AvgIpc) is 2.64. The van der Waals surface area contributed by atoms with Crippen molar-refractivity contribution in [2.75, 3.05) is 6.54 Å². The van der Waals surface area contributed by atoms with Crippen LogP contribution in [0.25, 0.3) is 0 Å². The zero-order valence-electron chi connectivity index (χ0n) is 11.9. The molecule has 106 valence electrons. The van der Waals surface area contributed by atoms with Crippen LogP contribution in [0.4, 0.5) is 0 Å². The lowest BCUT2D eigenvalue weighted by atomic mass is 9.88. The van der Waals surface area contributed by atoms with Gasteiger partial charge in [-0.3, -0.25) is 14.3 Å². The Kier molecular flexibility index (Phi) is 4.69. The van der Waals surface area contributed by atoms with Crippen LogP contribution in [0.2, 0.25) is 0 Å². The van der Waals surface area contributed by atoms with E-state index in [0.717, 1.165) is 11.4 Å². The second-order valence-corrected chi connectivity index (χ2v) is 5.08. The van der Waals surface area contributed by atoms with Gasteiger partial charge in [-0.15, -0.1) is 0 Å². The van der Waals surface area contributed by atoms with Gasteiger partial charge in [-0.1, -0.05) is 6.92 Å². The van der Waals surface area contributed by atoms with E-state index in [-0.39, 0.29) is 19.0 Å². The maximum atomic E-state index is 11.8. The first-order valence-corrected chi connectivity index (χ1v) is 6.29. The molecule has 0 bridgehead atoms. The van der Waals surface area contributed by atoms with Gasteiger partial charge in [-0.25, -0.2) is 0 Å². The van der Waals surface area contributed by atoms with Crippen molar-refractivity contribution in [3.05, 3.63) is 17.5 Å². The molecule has 19 heavy (non-hydrogen) atoms. The molecule has 0 saturated carbocycles. The summed E-state index contributed by atoms with van der Waals surface area (Å²) in [6.07, 6.45) is 0.461. The molecule has 1 aromatic heterocycles. The highest BCUT2D eigenvalue weighted by Gasteiger charge is 2.31. The predicted octanol–water partition coefficient (Wildman–Crippen LogP) is 1.12. The summed E-state index contributed by atoms with van der Waals surface area (Å²) in [4.78, 5) is 22.9. The second-order valence-electron chi connectivity index (χ2n) is 5.08. The number of aryl methyl sites for hydroxylation is 2. The van der Waals surface area contributed by atoms with Crippen molar-refractivity contribution >= 4 is 11.9 Å². The van der Waals surface area contributed by atoms with Crippen LogP contribution in [-0.4, -0.2) is 33.3 Å². The number of hydrogen-bond donors (Lipinski definition) is 2. The van der Waals surface area contributed by atoms with Crippen LogP contribution in [0.1, 0.15) is 31.7 Å². The van der Waals surface area contributed by atoms with Gasteiger partial charge in [0.05, 0.1) is 11.1 Å². The van der Waals surface area contributed by atoms with E-state index in [9.17, 15) is 9.59 Å². The number of hydrogen-bond acceptors (Lipinski definition) is 3. The molecule has 0 aliphatic heterocycles. The second kappa shape index (κ2) is 5.86. The molecular weight excluding hydrogens is 246 g/mol. The lowest BCUT2D eigenvalue weighted by Gasteiger charge is -2.23. The highest BCUT2D eigenvalue weighted by atomic mass is 16.4. The third kappa shape index (κ3) is 3.81. The van der Waals surface area contributed by atoms with E-state index in [4.69, 9.17) is 5.11 Å². The summed E-state index contributed by atoms with van der Waals surface area (Å²) in [5.41, 5.74) is 0.837. The Morgan fingerprint density at radius 3 is 2.53 bits per heavy atom. The highest BCUT2D eigenvalue weighted by molar-refractivity contribution is 5.78. The first-order chi connectivity index (χ1) is 8.78. The molecule has 1 amide bonds. The minimum atomic E-state index is -0.926. The number of carbonyl (C=O) groups is 2. The first-order valence-electron chi connectivity index (χ1n) is 6.29. The highest BCUT2D eigenvalue weighted by Crippen LogP contribution is 2.19. The normalized spacial score (nSPS) is 13.9. The summed E-state index contributed by atoms with van der Waals surface area (Å²) in [6, 6.07) is 1.89. The number of nitrogens with zero attached hydrogens (tertiary/aromatic N) is 2. The fourth-order valence-electron chi connectivity index (χ4n) is 1.67. The van der Waals surface area contributed by atoms with Gasteiger partial charge < -0.3 is 10.4 Å². The molecule has 0 radical (unpaired) electrons. The van der Waals surface area contributed by atoms with Crippen molar-refractivity contribution < 1.29 is 14.7 Å². The number of carboxylic acid groups (broad SMARTS) is 1. The third-order valence-electron chi connectivity index (χ3n) is 3.37. The maximum Gasteiger partial charge on any atom is 0.311 e. The summed E-state index contributed by atoms with van der Waals surface area (Å²) in [7, 11) is 0. The molecule has 0 aliphatic rings. The molecule has 1 atom stereocenters. The van der Waals surface area contributed by atoms with Crippen LogP contribution in [0.15, 0.2) is 6.07 Å². The maximum absolute atomic E-state index is 11.8. The predicted molar refractivity (Wildman–Crippen MR) is 70.7 cm³/mol. The monoisotopic (exact) mass is 267 g/mol. The van der Waals surface area contributed by atoms with Crippen molar-refractivity contribution in [2.45, 2.75) is 40.7 Å². The van der Waals surface area contributed by atoms with Crippen molar-refractivity contribution in [3.63, 3.8) is 0 Å². The van der Waals surface area contributed by atoms with Crippen molar-refractivity contribution in [3.8, 4) is 0 Å².